The quantitative estimate of drug-likeness (QED) is 0.793. The van der Waals surface area contributed by atoms with E-state index in [9.17, 15) is 0 Å². The van der Waals surface area contributed by atoms with Gasteiger partial charge in [0.05, 0.1) is 17.6 Å². The first kappa shape index (κ1) is 13.0. The summed E-state index contributed by atoms with van der Waals surface area (Å²) in [4.78, 5) is 4.37. The van der Waals surface area contributed by atoms with Gasteiger partial charge in [-0.15, -0.1) is 0 Å². The van der Waals surface area contributed by atoms with E-state index < -0.39 is 0 Å². The van der Waals surface area contributed by atoms with Crippen LogP contribution in [0.5, 0.6) is 0 Å². The van der Waals surface area contributed by atoms with Crippen LogP contribution in [0.15, 0.2) is 42.5 Å². The van der Waals surface area contributed by atoms with Gasteiger partial charge in [0.25, 0.3) is 0 Å². The lowest BCUT2D eigenvalue weighted by atomic mass is 10.1. The van der Waals surface area contributed by atoms with Crippen LogP contribution in [0.25, 0.3) is 11.0 Å². The van der Waals surface area contributed by atoms with Crippen molar-refractivity contribution in [2.75, 3.05) is 5.73 Å². The molecule has 1 heterocycles. The third-order valence-corrected chi connectivity index (χ3v) is 3.75. The van der Waals surface area contributed by atoms with Crippen molar-refractivity contribution in [3.63, 3.8) is 0 Å². The minimum Gasteiger partial charge on any atom is -0.369 e. The summed E-state index contributed by atoms with van der Waals surface area (Å²) in [6, 6.07) is 14.2. The number of nitrogens with two attached hydrogens (primary N) is 1. The summed E-state index contributed by atoms with van der Waals surface area (Å²) in [6.45, 7) is 2.85. The molecule has 1 aromatic heterocycles. The highest BCUT2D eigenvalue weighted by atomic mass is 35.5. The van der Waals surface area contributed by atoms with Crippen molar-refractivity contribution in [1.29, 1.82) is 0 Å². The first-order chi connectivity index (χ1) is 9.67. The molecule has 0 aliphatic carbocycles. The molecule has 0 fully saturated rings. The molecule has 0 unspecified atom stereocenters. The molecule has 0 spiro atoms. The molecule has 0 saturated heterocycles. The largest absolute Gasteiger partial charge is 0.369 e. The van der Waals surface area contributed by atoms with Crippen molar-refractivity contribution in [2.24, 2.45) is 0 Å². The average molecular weight is 286 g/mol. The molecular weight excluding hydrogens is 270 g/mol. The molecule has 2 N–H and O–H groups in total. The molecule has 0 aliphatic heterocycles. The maximum Gasteiger partial charge on any atom is 0.201 e. The van der Waals surface area contributed by atoms with Gasteiger partial charge in [-0.3, -0.25) is 0 Å². The molecule has 3 aromatic rings. The molecule has 0 bridgehead atoms. The van der Waals surface area contributed by atoms with Crippen molar-refractivity contribution in [2.45, 2.75) is 19.9 Å². The Kier molecular flexibility index (Phi) is 3.36. The molecule has 0 radical (unpaired) electrons. The SMILES string of the molecule is CCc1ccc(Cn2c(N)nc3ccc(Cl)cc32)cc1. The van der Waals surface area contributed by atoms with Crippen LogP contribution >= 0.6 is 11.6 Å². The molecule has 3 nitrogen and oxygen atoms in total. The van der Waals surface area contributed by atoms with Crippen molar-refractivity contribution in [3.05, 3.63) is 58.6 Å². The van der Waals surface area contributed by atoms with Gasteiger partial charge >= 0.3 is 0 Å². The molecular formula is C16H16ClN3. The fourth-order valence-electron chi connectivity index (χ4n) is 2.34. The highest BCUT2D eigenvalue weighted by Crippen LogP contribution is 2.23. The highest BCUT2D eigenvalue weighted by molar-refractivity contribution is 6.31. The van der Waals surface area contributed by atoms with Gasteiger partial charge in [0, 0.05) is 5.02 Å². The number of halogens is 1. The Morgan fingerprint density at radius 1 is 1.10 bits per heavy atom. The zero-order valence-corrected chi connectivity index (χ0v) is 12.1. The van der Waals surface area contributed by atoms with Crippen LogP contribution in [0.2, 0.25) is 5.02 Å². The minimum atomic E-state index is 0.516. The van der Waals surface area contributed by atoms with Crippen LogP contribution in [0.4, 0.5) is 5.95 Å². The number of nitrogen functional groups attached to an aromatic ring is 1. The third-order valence-electron chi connectivity index (χ3n) is 3.51. The van der Waals surface area contributed by atoms with E-state index in [0.29, 0.717) is 17.5 Å². The maximum absolute atomic E-state index is 6.06. The lowest BCUT2D eigenvalue weighted by Gasteiger charge is -2.07. The second-order valence-corrected chi connectivity index (χ2v) is 5.30. The second kappa shape index (κ2) is 5.17. The smallest absolute Gasteiger partial charge is 0.201 e. The third kappa shape index (κ3) is 2.37. The zero-order chi connectivity index (χ0) is 14.1. The molecule has 0 amide bonds. The van der Waals surface area contributed by atoms with Crippen molar-refractivity contribution in [1.82, 2.24) is 9.55 Å². The predicted molar refractivity (Wildman–Crippen MR) is 84.1 cm³/mol. The van der Waals surface area contributed by atoms with Crippen molar-refractivity contribution in [3.8, 4) is 0 Å². The summed E-state index contributed by atoms with van der Waals surface area (Å²) >= 11 is 6.06. The normalized spacial score (nSPS) is 11.1. The Morgan fingerprint density at radius 2 is 1.80 bits per heavy atom. The van der Waals surface area contributed by atoms with Gasteiger partial charge in [0.2, 0.25) is 5.95 Å². The van der Waals surface area contributed by atoms with Gasteiger partial charge in [-0.05, 0) is 35.7 Å². The van der Waals surface area contributed by atoms with Gasteiger partial charge in [-0.25, -0.2) is 4.98 Å². The van der Waals surface area contributed by atoms with E-state index in [1.54, 1.807) is 0 Å². The highest BCUT2D eigenvalue weighted by Gasteiger charge is 2.09. The Labute approximate surface area is 123 Å². The summed E-state index contributed by atoms with van der Waals surface area (Å²) in [5, 5.41) is 0.694. The number of aromatic nitrogens is 2. The van der Waals surface area contributed by atoms with Crippen LogP contribution in [-0.4, -0.2) is 9.55 Å². The first-order valence-electron chi connectivity index (χ1n) is 6.66. The number of rotatable bonds is 3. The van der Waals surface area contributed by atoms with Crippen molar-refractivity contribution >= 4 is 28.6 Å². The Hall–Kier alpha value is -2.00. The number of aryl methyl sites for hydroxylation is 1. The molecule has 4 heteroatoms. The minimum absolute atomic E-state index is 0.516. The van der Waals surface area contributed by atoms with E-state index in [2.05, 4.69) is 36.2 Å². The number of imidazole rings is 1. The van der Waals surface area contributed by atoms with E-state index in [1.807, 2.05) is 22.8 Å². The zero-order valence-electron chi connectivity index (χ0n) is 11.3. The number of nitrogens with zero attached hydrogens (tertiary/aromatic N) is 2. The van der Waals surface area contributed by atoms with E-state index >= 15 is 0 Å². The van der Waals surface area contributed by atoms with Gasteiger partial charge in [-0.2, -0.15) is 0 Å². The fourth-order valence-corrected chi connectivity index (χ4v) is 2.51. The second-order valence-electron chi connectivity index (χ2n) is 4.86. The van der Waals surface area contributed by atoms with Crippen LogP contribution in [0.1, 0.15) is 18.1 Å². The predicted octanol–water partition coefficient (Wildman–Crippen LogP) is 3.88. The number of benzene rings is 2. The summed E-state index contributed by atoms with van der Waals surface area (Å²) in [6.07, 6.45) is 1.05. The number of fused-ring (bicyclic) bond motifs is 1. The Balaban J connectivity index is 2.00. The van der Waals surface area contributed by atoms with E-state index in [0.717, 1.165) is 17.5 Å². The molecule has 3 rings (SSSR count). The molecule has 0 saturated carbocycles. The molecule has 20 heavy (non-hydrogen) atoms. The monoisotopic (exact) mass is 285 g/mol. The molecule has 0 atom stereocenters. The van der Waals surface area contributed by atoms with Crippen LogP contribution < -0.4 is 5.73 Å². The summed E-state index contributed by atoms with van der Waals surface area (Å²) < 4.78 is 1.99. The van der Waals surface area contributed by atoms with Gasteiger partial charge in [0.15, 0.2) is 0 Å². The Morgan fingerprint density at radius 3 is 2.50 bits per heavy atom. The summed E-state index contributed by atoms with van der Waals surface area (Å²) in [5.41, 5.74) is 10.4. The Bertz CT molecular complexity index is 744. The molecule has 102 valence electrons. The topological polar surface area (TPSA) is 43.8 Å². The summed E-state index contributed by atoms with van der Waals surface area (Å²) in [5.74, 6) is 0.516. The average Bonchev–Trinajstić information content (AvgIpc) is 2.76. The molecule has 0 aliphatic rings. The lowest BCUT2D eigenvalue weighted by molar-refractivity contribution is 0.837. The first-order valence-corrected chi connectivity index (χ1v) is 7.04. The fraction of sp³-hybridized carbons (Fsp3) is 0.188. The van der Waals surface area contributed by atoms with Crippen LogP contribution in [-0.2, 0) is 13.0 Å². The number of hydrogen-bond donors (Lipinski definition) is 1. The standard InChI is InChI=1S/C16H16ClN3/c1-2-11-3-5-12(6-4-11)10-20-15-9-13(17)7-8-14(15)19-16(20)18/h3-9H,2,10H2,1H3,(H2,18,19). The summed E-state index contributed by atoms with van der Waals surface area (Å²) in [7, 11) is 0. The van der Waals surface area contributed by atoms with Gasteiger partial charge in [0.1, 0.15) is 0 Å². The van der Waals surface area contributed by atoms with E-state index in [1.165, 1.54) is 11.1 Å². The van der Waals surface area contributed by atoms with Crippen LogP contribution in [0.3, 0.4) is 0 Å². The number of anilines is 1. The van der Waals surface area contributed by atoms with Crippen molar-refractivity contribution < 1.29 is 0 Å². The van der Waals surface area contributed by atoms with E-state index in [4.69, 9.17) is 17.3 Å². The lowest BCUT2D eigenvalue weighted by Crippen LogP contribution is -2.04. The van der Waals surface area contributed by atoms with E-state index in [-0.39, 0.29) is 0 Å². The molecule has 2 aromatic carbocycles. The van der Waals surface area contributed by atoms with Gasteiger partial charge in [-0.1, -0.05) is 42.8 Å². The maximum atomic E-state index is 6.06. The van der Waals surface area contributed by atoms with Gasteiger partial charge < -0.3 is 10.3 Å². The number of hydrogen-bond acceptors (Lipinski definition) is 2. The van der Waals surface area contributed by atoms with Crippen LogP contribution in [0, 0.1) is 0 Å².